The van der Waals surface area contributed by atoms with Crippen LogP contribution in [0.15, 0.2) is 97.1 Å². The molecule has 0 heteroatoms. The molecular formula is C32H34. The van der Waals surface area contributed by atoms with Gasteiger partial charge in [-0.3, -0.25) is 0 Å². The minimum atomic E-state index is 1.34. The zero-order valence-electron chi connectivity index (χ0n) is 20.2. The summed E-state index contributed by atoms with van der Waals surface area (Å²) in [5.41, 5.74) is 8.18. The van der Waals surface area contributed by atoms with Crippen LogP contribution < -0.4 is 0 Å². The third kappa shape index (κ3) is 5.65. The zero-order valence-corrected chi connectivity index (χ0v) is 20.2. The van der Waals surface area contributed by atoms with Gasteiger partial charge in [0.25, 0.3) is 0 Å². The van der Waals surface area contributed by atoms with Gasteiger partial charge in [-0.1, -0.05) is 97.1 Å². The molecule has 0 aromatic heterocycles. The van der Waals surface area contributed by atoms with E-state index in [1.54, 1.807) is 0 Å². The van der Waals surface area contributed by atoms with Crippen molar-refractivity contribution in [2.45, 2.75) is 41.5 Å². The van der Waals surface area contributed by atoms with Gasteiger partial charge in [0.1, 0.15) is 0 Å². The zero-order chi connectivity index (χ0) is 23.1. The van der Waals surface area contributed by atoms with Crippen LogP contribution in [0.2, 0.25) is 0 Å². The van der Waals surface area contributed by atoms with Crippen molar-refractivity contribution in [1.29, 1.82) is 0 Å². The molecule has 5 aromatic carbocycles. The summed E-state index contributed by atoms with van der Waals surface area (Å²) in [7, 11) is 0. The van der Waals surface area contributed by atoms with Gasteiger partial charge in [-0.05, 0) is 96.5 Å². The second-order valence-corrected chi connectivity index (χ2v) is 8.58. The van der Waals surface area contributed by atoms with E-state index in [-0.39, 0.29) is 0 Å². The van der Waals surface area contributed by atoms with Crippen LogP contribution in [0.1, 0.15) is 33.4 Å². The number of fused-ring (bicyclic) bond motifs is 2. The average molecular weight is 419 g/mol. The molecule has 5 rings (SSSR count). The summed E-state index contributed by atoms with van der Waals surface area (Å²) in [5, 5.41) is 5.49. The molecule has 0 unspecified atom stereocenters. The van der Waals surface area contributed by atoms with Crippen LogP contribution in [0.5, 0.6) is 0 Å². The highest BCUT2D eigenvalue weighted by molar-refractivity contribution is 5.89. The van der Waals surface area contributed by atoms with Crippen LogP contribution in [0.3, 0.4) is 0 Å². The lowest BCUT2D eigenvalue weighted by molar-refractivity contribution is 1.34. The number of hydrogen-bond acceptors (Lipinski definition) is 0. The van der Waals surface area contributed by atoms with Crippen molar-refractivity contribution in [2.24, 2.45) is 0 Å². The fourth-order valence-corrected chi connectivity index (χ4v) is 4.03. The SMILES string of the molecule is Cc1cccc2c(C)cccc12.Cc1cccc2cccc(C)c12.Cc1ccccc1C. The smallest absolute Gasteiger partial charge is 0.0125 e. The monoisotopic (exact) mass is 418 g/mol. The average Bonchev–Trinajstić information content (AvgIpc) is 2.78. The Morgan fingerprint density at radius 3 is 1.03 bits per heavy atom. The molecule has 0 nitrogen and oxygen atoms in total. The number of hydrogen-bond donors (Lipinski definition) is 0. The third-order valence-electron chi connectivity index (χ3n) is 6.11. The van der Waals surface area contributed by atoms with Crippen molar-refractivity contribution >= 4 is 21.5 Å². The number of rotatable bonds is 0. The van der Waals surface area contributed by atoms with Crippen molar-refractivity contribution < 1.29 is 0 Å². The second kappa shape index (κ2) is 10.8. The normalized spacial score (nSPS) is 10.2. The number of benzene rings is 5. The van der Waals surface area contributed by atoms with Gasteiger partial charge in [0.05, 0.1) is 0 Å². The van der Waals surface area contributed by atoms with E-state index in [9.17, 15) is 0 Å². The molecule has 162 valence electrons. The standard InChI is InChI=1S/2C12H12.C8H10/c1-9-5-3-8-12-10(2)6-4-7-11(9)12;1-9-5-3-7-11-8-4-6-10(2)12(9)11;1-7-5-3-4-6-8(7)2/h2*3-8H,1-2H3;3-6H,1-2H3. The van der Waals surface area contributed by atoms with E-state index in [2.05, 4.69) is 139 Å². The van der Waals surface area contributed by atoms with Gasteiger partial charge in [0.2, 0.25) is 0 Å². The summed E-state index contributed by atoms with van der Waals surface area (Å²) < 4.78 is 0. The van der Waals surface area contributed by atoms with E-state index in [1.165, 1.54) is 54.9 Å². The lowest BCUT2D eigenvalue weighted by atomic mass is 10.0. The summed E-state index contributed by atoms with van der Waals surface area (Å²) in [6, 6.07) is 34.1. The van der Waals surface area contributed by atoms with Gasteiger partial charge in [0, 0.05) is 0 Å². The molecule has 0 atom stereocenters. The molecule has 0 aliphatic rings. The van der Waals surface area contributed by atoms with Crippen LogP contribution >= 0.6 is 0 Å². The molecule has 0 aliphatic carbocycles. The molecule has 0 spiro atoms. The first-order valence-corrected chi connectivity index (χ1v) is 11.3. The highest BCUT2D eigenvalue weighted by atomic mass is 14.0. The van der Waals surface area contributed by atoms with Crippen LogP contribution in [0, 0.1) is 41.5 Å². The van der Waals surface area contributed by atoms with Gasteiger partial charge < -0.3 is 0 Å². The summed E-state index contributed by atoms with van der Waals surface area (Å²) in [6.07, 6.45) is 0. The fourth-order valence-electron chi connectivity index (χ4n) is 4.03. The maximum Gasteiger partial charge on any atom is -0.0125 e. The topological polar surface area (TPSA) is 0 Å². The Morgan fingerprint density at radius 1 is 0.312 bits per heavy atom. The molecule has 32 heavy (non-hydrogen) atoms. The van der Waals surface area contributed by atoms with E-state index < -0.39 is 0 Å². The summed E-state index contributed by atoms with van der Waals surface area (Å²) >= 11 is 0. The molecule has 5 aromatic rings. The van der Waals surface area contributed by atoms with E-state index >= 15 is 0 Å². The van der Waals surface area contributed by atoms with E-state index in [0.717, 1.165) is 0 Å². The predicted octanol–water partition coefficient (Wildman–Crippen LogP) is 9.22. The lowest BCUT2D eigenvalue weighted by Gasteiger charge is -2.04. The van der Waals surface area contributed by atoms with Gasteiger partial charge >= 0.3 is 0 Å². The van der Waals surface area contributed by atoms with Crippen molar-refractivity contribution in [3.05, 3.63) is 130 Å². The van der Waals surface area contributed by atoms with Crippen molar-refractivity contribution in [1.82, 2.24) is 0 Å². The van der Waals surface area contributed by atoms with Gasteiger partial charge in [-0.25, -0.2) is 0 Å². The maximum atomic E-state index is 2.18. The maximum absolute atomic E-state index is 2.18. The van der Waals surface area contributed by atoms with Crippen LogP contribution in [-0.2, 0) is 0 Å². The van der Waals surface area contributed by atoms with Crippen molar-refractivity contribution in [3.8, 4) is 0 Å². The summed E-state index contributed by atoms with van der Waals surface area (Å²) in [6.45, 7) is 12.9. The van der Waals surface area contributed by atoms with E-state index in [0.29, 0.717) is 0 Å². The quantitative estimate of drug-likeness (QED) is 0.235. The molecule has 0 bridgehead atoms. The Bertz CT molecular complexity index is 1230. The van der Waals surface area contributed by atoms with Gasteiger partial charge in [-0.2, -0.15) is 0 Å². The fraction of sp³-hybridized carbons (Fsp3) is 0.188. The lowest BCUT2D eigenvalue weighted by Crippen LogP contribution is -1.81. The highest BCUT2D eigenvalue weighted by Gasteiger charge is 1.98. The van der Waals surface area contributed by atoms with Crippen LogP contribution in [0.4, 0.5) is 0 Å². The van der Waals surface area contributed by atoms with Crippen molar-refractivity contribution in [3.63, 3.8) is 0 Å². The Kier molecular flexibility index (Phi) is 7.84. The molecule has 0 amide bonds. The largest absolute Gasteiger partial charge is 0.0620 e. The molecule has 0 N–H and O–H groups in total. The summed E-state index contributed by atoms with van der Waals surface area (Å²) in [5.74, 6) is 0. The molecule has 0 aliphatic heterocycles. The van der Waals surface area contributed by atoms with Crippen molar-refractivity contribution in [2.75, 3.05) is 0 Å². The first-order chi connectivity index (χ1) is 15.4. The molecule has 0 radical (unpaired) electrons. The first kappa shape index (κ1) is 23.3. The Labute approximate surface area is 193 Å². The molecule has 0 saturated heterocycles. The molecule has 0 heterocycles. The predicted molar refractivity (Wildman–Crippen MR) is 143 cm³/mol. The Morgan fingerprint density at radius 2 is 0.656 bits per heavy atom. The van der Waals surface area contributed by atoms with E-state index in [1.807, 2.05) is 0 Å². The molecule has 0 fully saturated rings. The second-order valence-electron chi connectivity index (χ2n) is 8.58. The van der Waals surface area contributed by atoms with Gasteiger partial charge in [-0.15, -0.1) is 0 Å². The van der Waals surface area contributed by atoms with E-state index in [4.69, 9.17) is 0 Å². The third-order valence-corrected chi connectivity index (χ3v) is 6.11. The first-order valence-electron chi connectivity index (χ1n) is 11.3. The van der Waals surface area contributed by atoms with Crippen LogP contribution in [0.25, 0.3) is 21.5 Å². The minimum absolute atomic E-state index is 1.34. The van der Waals surface area contributed by atoms with Crippen LogP contribution in [-0.4, -0.2) is 0 Å². The minimum Gasteiger partial charge on any atom is -0.0620 e. The Hall–Kier alpha value is -3.38. The summed E-state index contributed by atoms with van der Waals surface area (Å²) in [4.78, 5) is 0. The Balaban J connectivity index is 0.000000139. The molecular weight excluding hydrogens is 384 g/mol. The highest BCUT2D eigenvalue weighted by Crippen LogP contribution is 2.22. The molecule has 0 saturated carbocycles. The number of aryl methyl sites for hydroxylation is 6. The van der Waals surface area contributed by atoms with Gasteiger partial charge in [0.15, 0.2) is 0 Å².